The number of hydrogen-bond donors (Lipinski definition) is 0. The van der Waals surface area contributed by atoms with Gasteiger partial charge in [-0.2, -0.15) is 0 Å². The molecule has 4 aromatic heterocycles. The Morgan fingerprint density at radius 2 is 1.05 bits per heavy atom. The second-order valence-corrected chi connectivity index (χ2v) is 13.3. The minimum atomic E-state index is -0.0166. The van der Waals surface area contributed by atoms with E-state index in [0.717, 1.165) is 33.6 Å². The first kappa shape index (κ1) is 30.5. The summed E-state index contributed by atoms with van der Waals surface area (Å²) in [4.78, 5) is 29.1. The lowest BCUT2D eigenvalue weighted by atomic mass is 9.93. The predicted octanol–water partition coefficient (Wildman–Crippen LogP) is 9.21. The molecule has 2 unspecified atom stereocenters. The van der Waals surface area contributed by atoms with Gasteiger partial charge in [0.1, 0.15) is 0 Å². The van der Waals surface area contributed by atoms with Gasteiger partial charge in [-0.05, 0) is 70.8 Å². The highest BCUT2D eigenvalue weighted by atomic mass is 32.1. The Balaban J connectivity index is 1.67. The lowest BCUT2D eigenvalue weighted by Crippen LogP contribution is -2.24. The molecule has 0 amide bonds. The summed E-state index contributed by atoms with van der Waals surface area (Å²) in [6, 6.07) is 8.22. The van der Waals surface area contributed by atoms with Crippen LogP contribution >= 0.6 is 22.7 Å². The van der Waals surface area contributed by atoms with Gasteiger partial charge in [-0.3, -0.25) is 9.59 Å². The standard InChI is InChI=1S/C34H46N2O2S2/c1-7-11-13-23(9-3)15-25-17-31(39-21-25)27-19-29-30(35(5)33(27)37)20-28(34(38)36(29)6)32-18-26(22-40-32)16-24(10-4)14-12-8-2/h17-24H,7-16H2,1-6H3. The van der Waals surface area contributed by atoms with Crippen molar-refractivity contribution in [2.75, 3.05) is 0 Å². The molecule has 0 aliphatic heterocycles. The third-order valence-electron chi connectivity index (χ3n) is 8.59. The highest BCUT2D eigenvalue weighted by molar-refractivity contribution is 7.14. The number of fused-ring (bicyclic) bond motifs is 1. The van der Waals surface area contributed by atoms with Crippen molar-refractivity contribution in [3.63, 3.8) is 0 Å². The summed E-state index contributed by atoms with van der Waals surface area (Å²) < 4.78 is 3.44. The van der Waals surface area contributed by atoms with Crippen molar-refractivity contribution in [2.45, 2.75) is 91.9 Å². The zero-order valence-electron chi connectivity index (χ0n) is 25.2. The molecule has 0 saturated carbocycles. The number of unbranched alkanes of at least 4 members (excludes halogenated alkanes) is 2. The zero-order valence-corrected chi connectivity index (χ0v) is 26.9. The Hall–Kier alpha value is -2.44. The van der Waals surface area contributed by atoms with E-state index in [1.807, 2.05) is 26.2 Å². The van der Waals surface area contributed by atoms with Crippen LogP contribution < -0.4 is 11.1 Å². The van der Waals surface area contributed by atoms with E-state index >= 15 is 0 Å². The Morgan fingerprint density at radius 1 is 0.650 bits per heavy atom. The minimum Gasteiger partial charge on any atom is -0.309 e. The van der Waals surface area contributed by atoms with Crippen molar-refractivity contribution in [3.8, 4) is 20.9 Å². The zero-order chi connectivity index (χ0) is 28.8. The van der Waals surface area contributed by atoms with Gasteiger partial charge in [0.25, 0.3) is 11.1 Å². The molecule has 0 N–H and O–H groups in total. The van der Waals surface area contributed by atoms with E-state index in [9.17, 15) is 9.59 Å². The van der Waals surface area contributed by atoms with Gasteiger partial charge in [-0.1, -0.05) is 79.1 Å². The van der Waals surface area contributed by atoms with E-state index in [1.165, 1.54) is 62.5 Å². The van der Waals surface area contributed by atoms with E-state index in [-0.39, 0.29) is 11.1 Å². The number of thiophene rings is 2. The molecule has 2 atom stereocenters. The van der Waals surface area contributed by atoms with Gasteiger partial charge in [0.2, 0.25) is 0 Å². The first-order valence-corrected chi connectivity index (χ1v) is 17.0. The van der Waals surface area contributed by atoms with Crippen molar-refractivity contribution >= 4 is 33.7 Å². The lowest BCUT2D eigenvalue weighted by Gasteiger charge is -2.14. The highest BCUT2D eigenvalue weighted by Crippen LogP contribution is 2.32. The maximum absolute atomic E-state index is 13.6. The van der Waals surface area contributed by atoms with Gasteiger partial charge < -0.3 is 9.13 Å². The van der Waals surface area contributed by atoms with Crippen molar-refractivity contribution in [3.05, 3.63) is 66.9 Å². The van der Waals surface area contributed by atoms with Crippen LogP contribution in [0.4, 0.5) is 0 Å². The smallest absolute Gasteiger partial charge is 0.259 e. The van der Waals surface area contributed by atoms with Crippen LogP contribution in [0.25, 0.3) is 31.9 Å². The molecule has 6 heteroatoms. The molecular formula is C34H46N2O2S2. The van der Waals surface area contributed by atoms with Crippen molar-refractivity contribution in [2.24, 2.45) is 25.9 Å². The Kier molecular flexibility index (Phi) is 10.6. The molecule has 4 nitrogen and oxygen atoms in total. The normalized spacial score (nSPS) is 13.2. The molecule has 0 aliphatic carbocycles. The van der Waals surface area contributed by atoms with E-state index in [4.69, 9.17) is 0 Å². The number of hydrogen-bond acceptors (Lipinski definition) is 4. The Labute approximate surface area is 247 Å². The molecule has 0 bridgehead atoms. The topological polar surface area (TPSA) is 44.0 Å². The Bertz CT molecular complexity index is 1420. The number of rotatable bonds is 14. The molecule has 0 saturated heterocycles. The number of aromatic nitrogens is 2. The van der Waals surface area contributed by atoms with Crippen LogP contribution in [0.15, 0.2) is 44.6 Å². The third-order valence-corrected chi connectivity index (χ3v) is 10.6. The molecule has 0 spiro atoms. The van der Waals surface area contributed by atoms with E-state index in [2.05, 4.69) is 50.6 Å². The molecule has 40 heavy (non-hydrogen) atoms. The van der Waals surface area contributed by atoms with Gasteiger partial charge in [0.05, 0.1) is 22.2 Å². The maximum Gasteiger partial charge on any atom is 0.259 e. The van der Waals surface area contributed by atoms with Gasteiger partial charge >= 0.3 is 0 Å². The van der Waals surface area contributed by atoms with Crippen molar-refractivity contribution < 1.29 is 0 Å². The summed E-state index contributed by atoms with van der Waals surface area (Å²) in [5, 5.41) is 4.41. The summed E-state index contributed by atoms with van der Waals surface area (Å²) in [6.45, 7) is 9.04. The van der Waals surface area contributed by atoms with Gasteiger partial charge in [-0.25, -0.2) is 0 Å². The largest absolute Gasteiger partial charge is 0.309 e. The molecule has 4 heterocycles. The fourth-order valence-electron chi connectivity index (χ4n) is 5.82. The van der Waals surface area contributed by atoms with Crippen LogP contribution in [-0.4, -0.2) is 9.13 Å². The molecule has 0 fully saturated rings. The average Bonchev–Trinajstić information content (AvgIpc) is 3.62. The van der Waals surface area contributed by atoms with E-state index in [1.54, 1.807) is 31.8 Å². The average molecular weight is 579 g/mol. The van der Waals surface area contributed by atoms with Gasteiger partial charge in [0.15, 0.2) is 0 Å². The number of nitrogens with zero attached hydrogens (tertiary/aromatic N) is 2. The molecule has 0 aliphatic rings. The van der Waals surface area contributed by atoms with Crippen LogP contribution in [0.5, 0.6) is 0 Å². The first-order chi connectivity index (χ1) is 19.3. The van der Waals surface area contributed by atoms with Gasteiger partial charge in [0, 0.05) is 23.8 Å². The molecule has 4 rings (SSSR count). The fraction of sp³-hybridized carbons (Fsp3) is 0.529. The van der Waals surface area contributed by atoms with Crippen LogP contribution in [0.1, 0.15) is 90.2 Å². The summed E-state index contributed by atoms with van der Waals surface area (Å²) in [6.07, 6.45) is 12.0. The minimum absolute atomic E-state index is 0.0166. The van der Waals surface area contributed by atoms with Crippen LogP contribution in [-0.2, 0) is 26.9 Å². The number of aryl methyl sites for hydroxylation is 2. The molecule has 0 radical (unpaired) electrons. The van der Waals surface area contributed by atoms with Gasteiger partial charge in [-0.15, -0.1) is 22.7 Å². The first-order valence-electron chi connectivity index (χ1n) is 15.2. The Morgan fingerprint density at radius 3 is 1.40 bits per heavy atom. The fourth-order valence-corrected chi connectivity index (χ4v) is 7.69. The summed E-state index contributed by atoms with van der Waals surface area (Å²) in [7, 11) is 3.66. The van der Waals surface area contributed by atoms with Crippen molar-refractivity contribution in [1.29, 1.82) is 0 Å². The van der Waals surface area contributed by atoms with E-state index in [0.29, 0.717) is 23.0 Å². The number of pyridine rings is 2. The molecule has 0 aromatic carbocycles. The van der Waals surface area contributed by atoms with Crippen molar-refractivity contribution in [1.82, 2.24) is 9.13 Å². The SMILES string of the molecule is CCCCC(CC)Cc1csc(-c2cc3c(cc(-c4cc(CC(CC)CCCC)cs4)c(=O)n3C)n(C)c2=O)c1. The second-order valence-electron chi connectivity index (χ2n) is 11.5. The monoisotopic (exact) mass is 578 g/mol. The maximum atomic E-state index is 13.6. The van der Waals surface area contributed by atoms with Crippen LogP contribution in [0.3, 0.4) is 0 Å². The van der Waals surface area contributed by atoms with E-state index < -0.39 is 0 Å². The molecule has 4 aromatic rings. The quantitative estimate of drug-likeness (QED) is 0.150. The highest BCUT2D eigenvalue weighted by Gasteiger charge is 2.18. The third kappa shape index (κ3) is 6.71. The molecular weight excluding hydrogens is 533 g/mol. The van der Waals surface area contributed by atoms with Crippen LogP contribution in [0, 0.1) is 11.8 Å². The molecule has 216 valence electrons. The second kappa shape index (κ2) is 14.0. The summed E-state index contributed by atoms with van der Waals surface area (Å²) in [5.74, 6) is 1.37. The summed E-state index contributed by atoms with van der Waals surface area (Å²) >= 11 is 3.27. The predicted molar refractivity (Wildman–Crippen MR) is 175 cm³/mol. The van der Waals surface area contributed by atoms with Crippen LogP contribution in [0.2, 0.25) is 0 Å². The lowest BCUT2D eigenvalue weighted by molar-refractivity contribution is 0.449. The summed E-state index contributed by atoms with van der Waals surface area (Å²) in [5.41, 5.74) is 5.51.